The molecule has 2 aromatic carbocycles. The zero-order chi connectivity index (χ0) is 24.5. The van der Waals surface area contributed by atoms with E-state index in [0.29, 0.717) is 48.6 Å². The van der Waals surface area contributed by atoms with Crippen LogP contribution in [0.4, 0.5) is 11.4 Å². The van der Waals surface area contributed by atoms with Gasteiger partial charge in [-0.2, -0.15) is 5.10 Å². The van der Waals surface area contributed by atoms with Crippen molar-refractivity contribution < 1.29 is 24.3 Å². The van der Waals surface area contributed by atoms with E-state index in [4.69, 9.17) is 4.74 Å². The number of amides is 3. The van der Waals surface area contributed by atoms with Crippen molar-refractivity contribution in [2.24, 2.45) is 0 Å². The highest BCUT2D eigenvalue weighted by molar-refractivity contribution is 6.09. The van der Waals surface area contributed by atoms with Crippen LogP contribution in [0.2, 0.25) is 0 Å². The fourth-order valence-electron chi connectivity index (χ4n) is 4.64. The van der Waals surface area contributed by atoms with Crippen molar-refractivity contribution in [3.63, 3.8) is 0 Å². The highest BCUT2D eigenvalue weighted by atomic mass is 16.5. The number of ether oxygens (including phenoxy) is 1. The fourth-order valence-corrected chi connectivity index (χ4v) is 4.64. The van der Waals surface area contributed by atoms with E-state index in [1.165, 1.54) is 4.68 Å². The molecule has 10 heteroatoms. The Morgan fingerprint density at radius 1 is 0.914 bits per heavy atom. The Labute approximate surface area is 201 Å². The molecule has 0 radical (unpaired) electrons. The van der Waals surface area contributed by atoms with Crippen LogP contribution >= 0.6 is 0 Å². The van der Waals surface area contributed by atoms with E-state index >= 15 is 0 Å². The van der Waals surface area contributed by atoms with Crippen LogP contribution in [0.15, 0.2) is 48.5 Å². The topological polar surface area (TPSA) is 117 Å². The van der Waals surface area contributed by atoms with E-state index in [-0.39, 0.29) is 23.2 Å². The van der Waals surface area contributed by atoms with Gasteiger partial charge in [0, 0.05) is 36.4 Å². The van der Waals surface area contributed by atoms with Gasteiger partial charge in [-0.15, -0.1) is 0 Å². The lowest BCUT2D eigenvalue weighted by Crippen LogP contribution is -2.39. The molecule has 3 amide bonds. The molecule has 5 rings (SSSR count). The second-order valence-corrected chi connectivity index (χ2v) is 8.45. The molecule has 2 aliphatic rings. The lowest BCUT2D eigenvalue weighted by atomic mass is 10.0. The first kappa shape index (κ1) is 22.6. The number of hydroxylamine groups is 1. The number of hydrogen-bond acceptors (Lipinski definition) is 6. The maximum absolute atomic E-state index is 13.7. The van der Waals surface area contributed by atoms with Crippen molar-refractivity contribution in [1.29, 1.82) is 0 Å². The minimum atomic E-state index is -0.773. The van der Waals surface area contributed by atoms with Crippen LogP contribution < -0.4 is 20.0 Å². The van der Waals surface area contributed by atoms with E-state index in [0.717, 1.165) is 18.5 Å². The smallest absolute Gasteiger partial charge is 0.295 e. The summed E-state index contributed by atoms with van der Waals surface area (Å²) in [4.78, 5) is 41.6. The van der Waals surface area contributed by atoms with Crippen molar-refractivity contribution in [1.82, 2.24) is 15.3 Å². The molecule has 3 aromatic rings. The summed E-state index contributed by atoms with van der Waals surface area (Å²) in [5.74, 6) is -0.331. The van der Waals surface area contributed by atoms with E-state index in [9.17, 15) is 19.6 Å². The SMILES string of the molecule is COc1ccc(-n2nc(C(=O)NO)c3c2C(=O)N(c2ccc(N4CCCCC4=O)cc2)CC3)cc1. The average Bonchev–Trinajstić information content (AvgIpc) is 3.29. The van der Waals surface area contributed by atoms with Gasteiger partial charge in [0.05, 0.1) is 12.8 Å². The largest absolute Gasteiger partial charge is 0.497 e. The third-order valence-electron chi connectivity index (χ3n) is 6.45. The Balaban J connectivity index is 1.50. The molecule has 1 fully saturated rings. The van der Waals surface area contributed by atoms with Crippen molar-refractivity contribution in [3.05, 3.63) is 65.5 Å². The minimum Gasteiger partial charge on any atom is -0.497 e. The second kappa shape index (κ2) is 9.22. The number of aromatic nitrogens is 2. The average molecular weight is 476 g/mol. The molecule has 35 heavy (non-hydrogen) atoms. The van der Waals surface area contributed by atoms with Crippen molar-refractivity contribution in [2.75, 3.05) is 30.0 Å². The highest BCUT2D eigenvalue weighted by Crippen LogP contribution is 2.31. The number of nitrogens with zero attached hydrogens (tertiary/aromatic N) is 4. The second-order valence-electron chi connectivity index (χ2n) is 8.45. The molecule has 1 saturated heterocycles. The van der Waals surface area contributed by atoms with Gasteiger partial charge in [-0.1, -0.05) is 0 Å². The summed E-state index contributed by atoms with van der Waals surface area (Å²) in [6.07, 6.45) is 2.82. The van der Waals surface area contributed by atoms with Crippen LogP contribution in [0.5, 0.6) is 5.75 Å². The van der Waals surface area contributed by atoms with Crippen LogP contribution in [0.25, 0.3) is 5.69 Å². The van der Waals surface area contributed by atoms with Gasteiger partial charge in [-0.25, -0.2) is 10.2 Å². The first-order valence-corrected chi connectivity index (χ1v) is 11.4. The molecule has 0 unspecified atom stereocenters. The summed E-state index contributed by atoms with van der Waals surface area (Å²) in [5.41, 5.74) is 4.44. The molecule has 0 atom stereocenters. The first-order chi connectivity index (χ1) is 17.0. The number of piperidine rings is 1. The van der Waals surface area contributed by atoms with Crippen molar-refractivity contribution in [3.8, 4) is 11.4 Å². The lowest BCUT2D eigenvalue weighted by Gasteiger charge is -2.29. The number of fused-ring (bicyclic) bond motifs is 1. The van der Waals surface area contributed by atoms with Crippen LogP contribution in [-0.4, -0.2) is 52.9 Å². The maximum atomic E-state index is 13.7. The molecule has 0 aliphatic carbocycles. The minimum absolute atomic E-state index is 0.00489. The zero-order valence-electron chi connectivity index (χ0n) is 19.2. The maximum Gasteiger partial charge on any atom is 0.295 e. The molecule has 0 bridgehead atoms. The summed E-state index contributed by atoms with van der Waals surface area (Å²) in [6.45, 7) is 1.04. The fraction of sp³-hybridized carbons (Fsp3) is 0.280. The first-order valence-electron chi connectivity index (χ1n) is 11.4. The zero-order valence-corrected chi connectivity index (χ0v) is 19.2. The molecular formula is C25H25N5O5. The number of carbonyl (C=O) groups is 3. The summed E-state index contributed by atoms with van der Waals surface area (Å²) in [5, 5.41) is 13.6. The summed E-state index contributed by atoms with van der Waals surface area (Å²) in [7, 11) is 1.56. The Morgan fingerprint density at radius 3 is 2.20 bits per heavy atom. The molecule has 0 spiro atoms. The summed E-state index contributed by atoms with van der Waals surface area (Å²) < 4.78 is 6.63. The van der Waals surface area contributed by atoms with Crippen LogP contribution in [-0.2, 0) is 11.2 Å². The van der Waals surface area contributed by atoms with Gasteiger partial charge in [0.25, 0.3) is 11.8 Å². The number of hydrogen-bond donors (Lipinski definition) is 2. The van der Waals surface area contributed by atoms with E-state index in [2.05, 4.69) is 5.10 Å². The normalized spacial score (nSPS) is 15.7. The Bertz CT molecular complexity index is 1280. The van der Waals surface area contributed by atoms with Crippen molar-refractivity contribution >= 4 is 29.1 Å². The number of nitrogens with one attached hydrogen (secondary N) is 1. The molecule has 180 valence electrons. The number of methoxy groups -OCH3 is 1. The van der Waals surface area contributed by atoms with Gasteiger partial charge in [-0.05, 0) is 67.8 Å². The van der Waals surface area contributed by atoms with Gasteiger partial charge < -0.3 is 14.5 Å². The standard InChI is InChI=1S/C25H25N5O5/c1-35-19-11-9-18(10-12-19)30-23-20(22(26-30)24(32)27-34)13-15-29(25(23)33)17-7-5-16(6-8-17)28-14-3-2-4-21(28)31/h5-12,34H,2-4,13-15H2,1H3,(H,27,32). The van der Waals surface area contributed by atoms with Gasteiger partial charge in [0.1, 0.15) is 11.4 Å². The van der Waals surface area contributed by atoms with Crippen LogP contribution in [0, 0.1) is 0 Å². The van der Waals surface area contributed by atoms with Crippen molar-refractivity contribution in [2.45, 2.75) is 25.7 Å². The molecule has 0 saturated carbocycles. The number of carbonyl (C=O) groups excluding carboxylic acids is 3. The predicted octanol–water partition coefficient (Wildman–Crippen LogP) is 2.72. The number of anilines is 2. The molecular weight excluding hydrogens is 450 g/mol. The molecule has 3 heterocycles. The van der Waals surface area contributed by atoms with Gasteiger partial charge in [0.15, 0.2) is 5.69 Å². The van der Waals surface area contributed by atoms with Gasteiger partial charge in [-0.3, -0.25) is 19.6 Å². The third-order valence-corrected chi connectivity index (χ3v) is 6.45. The molecule has 10 nitrogen and oxygen atoms in total. The lowest BCUT2D eigenvalue weighted by molar-refractivity contribution is -0.119. The van der Waals surface area contributed by atoms with E-state index < -0.39 is 5.91 Å². The molecule has 2 aliphatic heterocycles. The van der Waals surface area contributed by atoms with Crippen LogP contribution in [0.3, 0.4) is 0 Å². The number of rotatable bonds is 5. The number of benzene rings is 2. The Kier molecular flexibility index (Phi) is 5.96. The van der Waals surface area contributed by atoms with Gasteiger partial charge >= 0.3 is 0 Å². The quantitative estimate of drug-likeness (QED) is 0.433. The molecule has 2 N–H and O–H groups in total. The summed E-state index contributed by atoms with van der Waals surface area (Å²) >= 11 is 0. The monoisotopic (exact) mass is 475 g/mol. The molecule has 1 aromatic heterocycles. The highest BCUT2D eigenvalue weighted by Gasteiger charge is 2.35. The predicted molar refractivity (Wildman–Crippen MR) is 127 cm³/mol. The van der Waals surface area contributed by atoms with E-state index in [1.807, 2.05) is 24.3 Å². The Hall–Kier alpha value is -4.18. The Morgan fingerprint density at radius 2 is 1.57 bits per heavy atom. The van der Waals surface area contributed by atoms with Crippen LogP contribution in [0.1, 0.15) is 45.8 Å². The van der Waals surface area contributed by atoms with E-state index in [1.54, 1.807) is 46.7 Å². The summed E-state index contributed by atoms with van der Waals surface area (Å²) in [6, 6.07) is 14.3. The van der Waals surface area contributed by atoms with Gasteiger partial charge in [0.2, 0.25) is 5.91 Å². The third kappa shape index (κ3) is 4.01.